The van der Waals surface area contributed by atoms with Crippen LogP contribution in [0.15, 0.2) is 0 Å². The van der Waals surface area contributed by atoms with Crippen LogP contribution in [-0.4, -0.2) is 39.4 Å². The second kappa shape index (κ2) is 4.20. The van der Waals surface area contributed by atoms with Crippen LogP contribution < -0.4 is 5.73 Å². The summed E-state index contributed by atoms with van der Waals surface area (Å²) in [6.07, 6.45) is 2.23. The first-order chi connectivity index (χ1) is 6.79. The van der Waals surface area contributed by atoms with E-state index in [1.807, 2.05) is 0 Å². The fraction of sp³-hybridized carbons (Fsp3) is 0.750. The Morgan fingerprint density at radius 1 is 1.57 bits per heavy atom. The first-order valence-corrected chi connectivity index (χ1v) is 5.54. The average molecular weight is 214 g/mol. The summed E-state index contributed by atoms with van der Waals surface area (Å²) >= 11 is 1.42. The van der Waals surface area contributed by atoms with E-state index in [4.69, 9.17) is 10.8 Å². The van der Waals surface area contributed by atoms with E-state index < -0.39 is 0 Å². The summed E-state index contributed by atoms with van der Waals surface area (Å²) in [5.41, 5.74) is 5.50. The summed E-state index contributed by atoms with van der Waals surface area (Å²) in [7, 11) is 0. The minimum absolute atomic E-state index is 0.230. The van der Waals surface area contributed by atoms with E-state index in [9.17, 15) is 0 Å². The molecule has 0 spiro atoms. The zero-order valence-electron chi connectivity index (χ0n) is 7.89. The second-order valence-electron chi connectivity index (χ2n) is 3.48. The van der Waals surface area contributed by atoms with Gasteiger partial charge in [-0.2, -0.15) is 0 Å². The zero-order chi connectivity index (χ0) is 9.97. The topological polar surface area (TPSA) is 75.3 Å². The molecule has 5 nitrogen and oxygen atoms in total. The molecule has 1 fully saturated rings. The summed E-state index contributed by atoms with van der Waals surface area (Å²) in [5, 5.41) is 18.3. The molecule has 2 rings (SSSR count). The molecule has 1 aliphatic rings. The van der Waals surface area contributed by atoms with Gasteiger partial charge in [-0.3, -0.25) is 4.90 Å². The van der Waals surface area contributed by atoms with Crippen molar-refractivity contribution >= 4 is 16.5 Å². The number of aromatic nitrogens is 2. The molecule has 14 heavy (non-hydrogen) atoms. The molecule has 6 heteroatoms. The first kappa shape index (κ1) is 9.82. The maximum Gasteiger partial charge on any atom is 0.203 e. The van der Waals surface area contributed by atoms with Crippen LogP contribution in [0.1, 0.15) is 17.8 Å². The molecule has 0 radical (unpaired) electrons. The highest BCUT2D eigenvalue weighted by Gasteiger charge is 2.24. The van der Waals surface area contributed by atoms with Crippen LogP contribution in [0.3, 0.4) is 0 Å². The third-order valence-electron chi connectivity index (χ3n) is 2.53. The highest BCUT2D eigenvalue weighted by atomic mass is 32.1. The van der Waals surface area contributed by atoms with Gasteiger partial charge in [-0.05, 0) is 19.4 Å². The lowest BCUT2D eigenvalue weighted by Crippen LogP contribution is -2.31. The predicted molar refractivity (Wildman–Crippen MR) is 54.8 cm³/mol. The van der Waals surface area contributed by atoms with Crippen LogP contribution in [0, 0.1) is 0 Å². The first-order valence-electron chi connectivity index (χ1n) is 4.72. The SMILES string of the molecule is Nc1nnc(CN2CCCC2CO)s1. The Hall–Kier alpha value is -0.720. The monoisotopic (exact) mass is 214 g/mol. The third kappa shape index (κ3) is 2.02. The quantitative estimate of drug-likeness (QED) is 0.745. The zero-order valence-corrected chi connectivity index (χ0v) is 8.70. The lowest BCUT2D eigenvalue weighted by atomic mass is 10.2. The molecular weight excluding hydrogens is 200 g/mol. The van der Waals surface area contributed by atoms with Gasteiger partial charge in [0.2, 0.25) is 5.13 Å². The van der Waals surface area contributed by atoms with Crippen LogP contribution in [0.5, 0.6) is 0 Å². The van der Waals surface area contributed by atoms with Gasteiger partial charge in [0.1, 0.15) is 5.01 Å². The van der Waals surface area contributed by atoms with Gasteiger partial charge in [0.25, 0.3) is 0 Å². The maximum absolute atomic E-state index is 9.12. The summed E-state index contributed by atoms with van der Waals surface area (Å²) in [4.78, 5) is 2.24. The standard InChI is InChI=1S/C8H14N4OS/c9-8-11-10-7(14-8)4-12-3-1-2-6(12)5-13/h6,13H,1-5H2,(H2,9,11). The van der Waals surface area contributed by atoms with Gasteiger partial charge < -0.3 is 10.8 Å². The highest BCUT2D eigenvalue weighted by Crippen LogP contribution is 2.21. The van der Waals surface area contributed by atoms with Gasteiger partial charge in [0, 0.05) is 6.04 Å². The highest BCUT2D eigenvalue weighted by molar-refractivity contribution is 7.15. The maximum atomic E-state index is 9.12. The van der Waals surface area contributed by atoms with E-state index in [1.54, 1.807) is 0 Å². The Balaban J connectivity index is 1.96. The van der Waals surface area contributed by atoms with Crippen molar-refractivity contribution in [2.24, 2.45) is 0 Å². The third-order valence-corrected chi connectivity index (χ3v) is 3.27. The predicted octanol–water partition coefficient (Wildman–Crippen LogP) is 0.0770. The lowest BCUT2D eigenvalue weighted by molar-refractivity contribution is 0.153. The van der Waals surface area contributed by atoms with Gasteiger partial charge in [0.05, 0.1) is 13.2 Å². The molecule has 0 aliphatic carbocycles. The summed E-state index contributed by atoms with van der Waals surface area (Å²) in [5.74, 6) is 0. The smallest absolute Gasteiger partial charge is 0.203 e. The molecule has 78 valence electrons. The Labute approximate surface area is 86.6 Å². The molecule has 0 bridgehead atoms. The molecule has 0 amide bonds. The largest absolute Gasteiger partial charge is 0.395 e. The fourth-order valence-corrected chi connectivity index (χ4v) is 2.45. The van der Waals surface area contributed by atoms with E-state index >= 15 is 0 Å². The van der Waals surface area contributed by atoms with Crippen molar-refractivity contribution in [3.8, 4) is 0 Å². The number of nitrogen functional groups attached to an aromatic ring is 1. The van der Waals surface area contributed by atoms with Gasteiger partial charge >= 0.3 is 0 Å². The molecule has 0 aromatic carbocycles. The van der Waals surface area contributed by atoms with Crippen LogP contribution in [0.25, 0.3) is 0 Å². The fourth-order valence-electron chi connectivity index (χ4n) is 1.81. The van der Waals surface area contributed by atoms with E-state index in [-0.39, 0.29) is 6.61 Å². The molecule has 0 saturated carbocycles. The molecule has 1 atom stereocenters. The number of hydrogen-bond acceptors (Lipinski definition) is 6. The Bertz CT molecular complexity index is 303. The molecule has 2 heterocycles. The van der Waals surface area contributed by atoms with Gasteiger partial charge in [-0.15, -0.1) is 10.2 Å². The second-order valence-corrected chi connectivity index (χ2v) is 4.58. The van der Waals surface area contributed by atoms with E-state index in [2.05, 4.69) is 15.1 Å². The van der Waals surface area contributed by atoms with Crippen LogP contribution >= 0.6 is 11.3 Å². The number of nitrogens with two attached hydrogens (primary N) is 1. The van der Waals surface area contributed by atoms with Crippen LogP contribution in [0.2, 0.25) is 0 Å². The lowest BCUT2D eigenvalue weighted by Gasteiger charge is -2.20. The number of likely N-dealkylation sites (tertiary alicyclic amines) is 1. The van der Waals surface area contributed by atoms with Gasteiger partial charge in [-0.25, -0.2) is 0 Å². The average Bonchev–Trinajstić information content (AvgIpc) is 2.76. The molecule has 1 unspecified atom stereocenters. The van der Waals surface area contributed by atoms with Gasteiger partial charge in [-0.1, -0.05) is 11.3 Å². The molecule has 1 aromatic heterocycles. The number of aliphatic hydroxyl groups is 1. The van der Waals surface area contributed by atoms with Crippen molar-refractivity contribution in [1.82, 2.24) is 15.1 Å². The van der Waals surface area contributed by atoms with E-state index in [0.29, 0.717) is 11.2 Å². The minimum atomic E-state index is 0.230. The molecule has 1 aromatic rings. The normalized spacial score (nSPS) is 23.1. The van der Waals surface area contributed by atoms with Crippen molar-refractivity contribution in [2.45, 2.75) is 25.4 Å². The van der Waals surface area contributed by atoms with Crippen LogP contribution in [-0.2, 0) is 6.54 Å². The Kier molecular flexibility index (Phi) is 2.95. The van der Waals surface area contributed by atoms with Crippen LogP contribution in [0.4, 0.5) is 5.13 Å². The molecule has 1 aliphatic heterocycles. The molecule has 3 N–H and O–H groups in total. The van der Waals surface area contributed by atoms with Crippen molar-refractivity contribution in [3.63, 3.8) is 0 Å². The number of hydrogen-bond donors (Lipinski definition) is 2. The van der Waals surface area contributed by atoms with Crippen molar-refractivity contribution in [2.75, 3.05) is 18.9 Å². The van der Waals surface area contributed by atoms with Crippen molar-refractivity contribution in [1.29, 1.82) is 0 Å². The van der Waals surface area contributed by atoms with E-state index in [1.165, 1.54) is 11.3 Å². The summed E-state index contributed by atoms with van der Waals surface area (Å²) in [6.45, 7) is 2.03. The van der Waals surface area contributed by atoms with E-state index in [0.717, 1.165) is 30.9 Å². The van der Waals surface area contributed by atoms with Crippen molar-refractivity contribution < 1.29 is 5.11 Å². The Morgan fingerprint density at radius 2 is 2.43 bits per heavy atom. The Morgan fingerprint density at radius 3 is 3.07 bits per heavy atom. The number of aliphatic hydroxyl groups excluding tert-OH is 1. The van der Waals surface area contributed by atoms with Crippen molar-refractivity contribution in [3.05, 3.63) is 5.01 Å². The number of anilines is 1. The molecule has 1 saturated heterocycles. The number of nitrogens with zero attached hydrogens (tertiary/aromatic N) is 3. The minimum Gasteiger partial charge on any atom is -0.395 e. The summed E-state index contributed by atoms with van der Waals surface area (Å²) < 4.78 is 0. The molecular formula is C8H14N4OS. The number of rotatable bonds is 3. The summed E-state index contributed by atoms with van der Waals surface area (Å²) in [6, 6.07) is 0.292. The van der Waals surface area contributed by atoms with Gasteiger partial charge in [0.15, 0.2) is 0 Å².